The first-order valence-corrected chi connectivity index (χ1v) is 8.91. The van der Waals surface area contributed by atoms with Crippen molar-refractivity contribution in [2.75, 3.05) is 33.0 Å². The molecule has 2 fully saturated rings. The number of fused-ring (bicyclic) bond motifs is 1. The summed E-state index contributed by atoms with van der Waals surface area (Å²) in [6, 6.07) is 5.97. The highest BCUT2D eigenvalue weighted by Crippen LogP contribution is 2.32. The molecule has 3 amide bonds. The van der Waals surface area contributed by atoms with Crippen LogP contribution in [0.4, 0.5) is 4.79 Å². The summed E-state index contributed by atoms with van der Waals surface area (Å²) in [4.78, 5) is 28.2. The molecule has 0 bridgehead atoms. The number of hydrogen-bond acceptors (Lipinski definition) is 4. The fourth-order valence-electron chi connectivity index (χ4n) is 3.78. The van der Waals surface area contributed by atoms with E-state index in [1.165, 1.54) is 0 Å². The van der Waals surface area contributed by atoms with Crippen molar-refractivity contribution in [1.29, 1.82) is 0 Å². The number of hydrogen-bond donors (Lipinski definition) is 1. The first kappa shape index (κ1) is 16.1. The average Bonchev–Trinajstić information content (AvgIpc) is 3.27. The van der Waals surface area contributed by atoms with Crippen LogP contribution in [0.1, 0.15) is 24.8 Å². The molecule has 1 unspecified atom stereocenters. The van der Waals surface area contributed by atoms with Crippen LogP contribution in [0.25, 0.3) is 0 Å². The van der Waals surface area contributed by atoms with Crippen LogP contribution in [0.2, 0.25) is 0 Å². The largest absolute Gasteiger partial charge is 0.454 e. The van der Waals surface area contributed by atoms with Gasteiger partial charge in [-0.3, -0.25) is 4.79 Å². The van der Waals surface area contributed by atoms with Gasteiger partial charge in [-0.05, 0) is 37.0 Å². The van der Waals surface area contributed by atoms with Crippen LogP contribution in [0, 0.1) is 0 Å². The predicted octanol–water partition coefficient (Wildman–Crippen LogP) is 1.36. The molecule has 0 aromatic heterocycles. The van der Waals surface area contributed by atoms with E-state index in [9.17, 15) is 9.59 Å². The van der Waals surface area contributed by atoms with Crippen molar-refractivity contribution >= 4 is 11.9 Å². The Hall–Kier alpha value is -2.44. The van der Waals surface area contributed by atoms with Gasteiger partial charge in [-0.15, -0.1) is 0 Å². The molecule has 2 saturated heterocycles. The van der Waals surface area contributed by atoms with Crippen molar-refractivity contribution in [1.82, 2.24) is 15.1 Å². The highest BCUT2D eigenvalue weighted by molar-refractivity contribution is 5.78. The van der Waals surface area contributed by atoms with Gasteiger partial charge in [0.25, 0.3) is 0 Å². The van der Waals surface area contributed by atoms with Crippen LogP contribution < -0.4 is 14.8 Å². The van der Waals surface area contributed by atoms with E-state index < -0.39 is 0 Å². The van der Waals surface area contributed by atoms with E-state index in [4.69, 9.17) is 9.47 Å². The molecule has 25 heavy (non-hydrogen) atoms. The molecular weight excluding hydrogens is 322 g/mol. The second kappa shape index (κ2) is 6.82. The molecule has 0 radical (unpaired) electrons. The average molecular weight is 345 g/mol. The number of benzene rings is 1. The summed E-state index contributed by atoms with van der Waals surface area (Å²) < 4.78 is 10.7. The van der Waals surface area contributed by atoms with Crippen LogP contribution in [0.15, 0.2) is 18.2 Å². The quantitative estimate of drug-likeness (QED) is 0.895. The number of carbonyl (C=O) groups excluding carboxylic acids is 2. The predicted molar refractivity (Wildman–Crippen MR) is 90.6 cm³/mol. The van der Waals surface area contributed by atoms with Gasteiger partial charge in [0, 0.05) is 32.6 Å². The van der Waals surface area contributed by atoms with E-state index in [1.54, 1.807) is 0 Å². The first-order valence-electron chi connectivity index (χ1n) is 8.91. The van der Waals surface area contributed by atoms with E-state index in [2.05, 4.69) is 5.32 Å². The van der Waals surface area contributed by atoms with Crippen molar-refractivity contribution in [2.45, 2.75) is 31.7 Å². The lowest BCUT2D eigenvalue weighted by Gasteiger charge is -2.37. The van der Waals surface area contributed by atoms with Gasteiger partial charge in [0.2, 0.25) is 12.7 Å². The fraction of sp³-hybridized carbons (Fsp3) is 0.556. The van der Waals surface area contributed by atoms with Crippen LogP contribution in [0.5, 0.6) is 11.5 Å². The molecule has 7 nitrogen and oxygen atoms in total. The second-order valence-electron chi connectivity index (χ2n) is 6.75. The Balaban J connectivity index is 1.32. The van der Waals surface area contributed by atoms with E-state index in [0.29, 0.717) is 25.9 Å². The number of rotatable bonds is 4. The van der Waals surface area contributed by atoms with Gasteiger partial charge in [-0.2, -0.15) is 0 Å². The first-order chi connectivity index (χ1) is 12.2. The summed E-state index contributed by atoms with van der Waals surface area (Å²) in [5.74, 6) is 1.67. The number of aryl methyl sites for hydroxylation is 1. The summed E-state index contributed by atoms with van der Waals surface area (Å²) >= 11 is 0. The van der Waals surface area contributed by atoms with Crippen molar-refractivity contribution in [2.24, 2.45) is 0 Å². The van der Waals surface area contributed by atoms with E-state index in [0.717, 1.165) is 43.0 Å². The number of likely N-dealkylation sites (tertiary alicyclic amines) is 1. The highest BCUT2D eigenvalue weighted by atomic mass is 16.7. The van der Waals surface area contributed by atoms with Crippen molar-refractivity contribution in [3.8, 4) is 11.5 Å². The normalized spacial score (nSPS) is 22.2. The molecule has 3 heterocycles. The number of ether oxygens (including phenoxy) is 2. The lowest BCUT2D eigenvalue weighted by molar-refractivity contribution is -0.133. The Labute approximate surface area is 146 Å². The minimum absolute atomic E-state index is 0.000316. The standard InChI is InChI=1S/C18H23N3O4/c22-17(6-4-13-3-5-15-16(10-13)25-12-24-15)20-8-1-2-14(11-20)21-9-7-19-18(21)23/h3,5,10,14H,1-2,4,6-9,11-12H2,(H,19,23). The Morgan fingerprint density at radius 1 is 1.24 bits per heavy atom. The molecule has 7 heteroatoms. The molecule has 1 aromatic rings. The van der Waals surface area contributed by atoms with Gasteiger partial charge in [0.15, 0.2) is 11.5 Å². The lowest BCUT2D eigenvalue weighted by Crippen LogP contribution is -2.50. The van der Waals surface area contributed by atoms with Gasteiger partial charge < -0.3 is 24.6 Å². The maximum absolute atomic E-state index is 12.6. The monoisotopic (exact) mass is 345 g/mol. The van der Waals surface area contributed by atoms with Gasteiger partial charge in [0.1, 0.15) is 0 Å². The van der Waals surface area contributed by atoms with Gasteiger partial charge in [0.05, 0.1) is 6.04 Å². The van der Waals surface area contributed by atoms with Crippen molar-refractivity contribution in [3.05, 3.63) is 23.8 Å². The molecule has 1 aromatic carbocycles. The Bertz CT molecular complexity index is 678. The van der Waals surface area contributed by atoms with Crippen LogP contribution in [0.3, 0.4) is 0 Å². The highest BCUT2D eigenvalue weighted by Gasteiger charge is 2.32. The minimum atomic E-state index is -0.000316. The summed E-state index contributed by atoms with van der Waals surface area (Å²) in [7, 11) is 0. The molecule has 3 aliphatic heterocycles. The van der Waals surface area contributed by atoms with Gasteiger partial charge >= 0.3 is 6.03 Å². The SMILES string of the molecule is O=C(CCc1ccc2c(c1)OCO2)N1CCCC(N2CCNC2=O)C1. The molecule has 1 N–H and O–H groups in total. The third kappa shape index (κ3) is 3.36. The Morgan fingerprint density at radius 2 is 2.12 bits per heavy atom. The molecule has 3 aliphatic rings. The zero-order chi connectivity index (χ0) is 17.2. The number of piperidine rings is 1. The summed E-state index contributed by atoms with van der Waals surface area (Å²) in [6.45, 7) is 3.13. The fourth-order valence-corrected chi connectivity index (χ4v) is 3.78. The molecule has 0 aliphatic carbocycles. The summed E-state index contributed by atoms with van der Waals surface area (Å²) in [5.41, 5.74) is 1.07. The van der Waals surface area contributed by atoms with Crippen LogP contribution in [-0.4, -0.2) is 60.8 Å². The third-order valence-corrected chi connectivity index (χ3v) is 5.14. The van der Waals surface area contributed by atoms with Crippen LogP contribution >= 0.6 is 0 Å². The molecule has 134 valence electrons. The number of nitrogens with one attached hydrogen (secondary N) is 1. The number of nitrogens with zero attached hydrogens (tertiary/aromatic N) is 2. The maximum atomic E-state index is 12.6. The lowest BCUT2D eigenvalue weighted by atomic mass is 10.0. The molecular formula is C18H23N3O4. The zero-order valence-corrected chi connectivity index (χ0v) is 14.2. The Kier molecular flexibility index (Phi) is 4.38. The van der Waals surface area contributed by atoms with E-state index >= 15 is 0 Å². The zero-order valence-electron chi connectivity index (χ0n) is 14.2. The number of urea groups is 1. The summed E-state index contributed by atoms with van der Waals surface area (Å²) in [6.07, 6.45) is 3.07. The minimum Gasteiger partial charge on any atom is -0.454 e. The van der Waals surface area contributed by atoms with Crippen LogP contribution in [-0.2, 0) is 11.2 Å². The second-order valence-corrected chi connectivity index (χ2v) is 6.75. The third-order valence-electron chi connectivity index (χ3n) is 5.14. The number of carbonyl (C=O) groups is 2. The topological polar surface area (TPSA) is 71.1 Å². The molecule has 1 atom stereocenters. The van der Waals surface area contributed by atoms with Crippen molar-refractivity contribution in [3.63, 3.8) is 0 Å². The smallest absolute Gasteiger partial charge is 0.317 e. The van der Waals surface area contributed by atoms with E-state index in [1.807, 2.05) is 28.0 Å². The number of amides is 3. The van der Waals surface area contributed by atoms with Crippen molar-refractivity contribution < 1.29 is 19.1 Å². The van der Waals surface area contributed by atoms with E-state index in [-0.39, 0.29) is 24.8 Å². The maximum Gasteiger partial charge on any atom is 0.317 e. The summed E-state index contributed by atoms with van der Waals surface area (Å²) in [5, 5.41) is 2.84. The molecule has 0 saturated carbocycles. The molecule has 4 rings (SSSR count). The molecule has 0 spiro atoms. The van der Waals surface area contributed by atoms with Gasteiger partial charge in [-0.1, -0.05) is 6.07 Å². The van der Waals surface area contributed by atoms with Gasteiger partial charge in [-0.25, -0.2) is 4.79 Å². The Morgan fingerprint density at radius 3 is 2.96 bits per heavy atom.